The molecule has 3 rings (SSSR count). The standard InChI is InChI=1S/C11H17N3O2S2/c1-18(15,16)14-6-4-9(5-7-14)11-13-12-10(17-11)8-2-3-8/h8-9H,2-7H2,1H3. The highest BCUT2D eigenvalue weighted by Gasteiger charge is 2.31. The maximum absolute atomic E-state index is 11.4. The second-order valence-electron chi connectivity index (χ2n) is 5.19. The average Bonchev–Trinajstić information content (AvgIpc) is 3.06. The van der Waals surface area contributed by atoms with E-state index in [4.69, 9.17) is 0 Å². The van der Waals surface area contributed by atoms with E-state index < -0.39 is 10.0 Å². The third kappa shape index (κ3) is 2.57. The summed E-state index contributed by atoms with van der Waals surface area (Å²) in [5.41, 5.74) is 0. The van der Waals surface area contributed by atoms with Crippen molar-refractivity contribution in [1.29, 1.82) is 0 Å². The highest BCUT2D eigenvalue weighted by molar-refractivity contribution is 7.88. The molecular formula is C11H17N3O2S2. The molecule has 0 aromatic carbocycles. The number of hydrogen-bond donors (Lipinski definition) is 0. The van der Waals surface area contributed by atoms with Crippen molar-refractivity contribution in [1.82, 2.24) is 14.5 Å². The van der Waals surface area contributed by atoms with Crippen molar-refractivity contribution in [3.8, 4) is 0 Å². The number of rotatable bonds is 3. The molecule has 1 aliphatic heterocycles. The van der Waals surface area contributed by atoms with Gasteiger partial charge in [-0.05, 0) is 25.7 Å². The van der Waals surface area contributed by atoms with Gasteiger partial charge < -0.3 is 0 Å². The third-order valence-corrected chi connectivity index (χ3v) is 6.21. The Bertz CT molecular complexity index is 528. The topological polar surface area (TPSA) is 63.2 Å². The van der Waals surface area contributed by atoms with Crippen molar-refractivity contribution in [3.63, 3.8) is 0 Å². The zero-order valence-electron chi connectivity index (χ0n) is 10.4. The summed E-state index contributed by atoms with van der Waals surface area (Å²) in [5.74, 6) is 1.06. The van der Waals surface area contributed by atoms with Gasteiger partial charge in [-0.3, -0.25) is 0 Å². The lowest BCUT2D eigenvalue weighted by atomic mass is 9.99. The smallest absolute Gasteiger partial charge is 0.211 e. The molecule has 0 radical (unpaired) electrons. The Hall–Kier alpha value is -0.530. The van der Waals surface area contributed by atoms with Crippen LogP contribution >= 0.6 is 11.3 Å². The number of nitrogens with zero attached hydrogens (tertiary/aromatic N) is 3. The van der Waals surface area contributed by atoms with Gasteiger partial charge in [-0.1, -0.05) is 0 Å². The fourth-order valence-electron chi connectivity index (χ4n) is 2.34. The number of aromatic nitrogens is 2. The van der Waals surface area contributed by atoms with Gasteiger partial charge in [0.15, 0.2) is 0 Å². The molecular weight excluding hydrogens is 270 g/mol. The Labute approximate surface area is 111 Å². The highest BCUT2D eigenvalue weighted by atomic mass is 32.2. The first-order valence-corrected chi connectivity index (χ1v) is 8.99. The molecule has 0 atom stereocenters. The first-order valence-electron chi connectivity index (χ1n) is 6.32. The van der Waals surface area contributed by atoms with Gasteiger partial charge in [0.25, 0.3) is 0 Å². The summed E-state index contributed by atoms with van der Waals surface area (Å²) < 4.78 is 24.4. The van der Waals surface area contributed by atoms with E-state index in [0.717, 1.165) is 17.8 Å². The van der Waals surface area contributed by atoms with E-state index >= 15 is 0 Å². The predicted molar refractivity (Wildman–Crippen MR) is 70.3 cm³/mol. The fraction of sp³-hybridized carbons (Fsp3) is 0.818. The first kappa shape index (κ1) is 12.5. The second-order valence-corrected chi connectivity index (χ2v) is 8.21. The zero-order valence-corrected chi connectivity index (χ0v) is 12.0. The van der Waals surface area contributed by atoms with E-state index in [1.165, 1.54) is 24.1 Å². The van der Waals surface area contributed by atoms with E-state index in [0.29, 0.717) is 24.9 Å². The minimum absolute atomic E-state index is 0.396. The van der Waals surface area contributed by atoms with Crippen LogP contribution in [0.1, 0.15) is 47.5 Å². The van der Waals surface area contributed by atoms with E-state index in [-0.39, 0.29) is 0 Å². The molecule has 0 spiro atoms. The lowest BCUT2D eigenvalue weighted by Gasteiger charge is -2.28. The summed E-state index contributed by atoms with van der Waals surface area (Å²) in [7, 11) is -3.03. The average molecular weight is 287 g/mol. The molecule has 1 saturated carbocycles. The molecule has 1 saturated heterocycles. The van der Waals surface area contributed by atoms with E-state index in [2.05, 4.69) is 10.2 Å². The molecule has 0 bridgehead atoms. The monoisotopic (exact) mass is 287 g/mol. The SMILES string of the molecule is CS(=O)(=O)N1CCC(c2nnc(C3CC3)s2)CC1. The van der Waals surface area contributed by atoms with Crippen LogP contribution in [0.25, 0.3) is 0 Å². The molecule has 7 heteroatoms. The third-order valence-electron chi connectivity index (χ3n) is 3.66. The molecule has 1 aromatic rings. The normalized spacial score (nSPS) is 23.4. The number of sulfonamides is 1. The Balaban J connectivity index is 1.64. The van der Waals surface area contributed by atoms with Gasteiger partial charge in [-0.2, -0.15) is 0 Å². The Morgan fingerprint density at radius 3 is 2.00 bits per heavy atom. The van der Waals surface area contributed by atoms with Crippen LogP contribution in [0.2, 0.25) is 0 Å². The molecule has 2 fully saturated rings. The van der Waals surface area contributed by atoms with Crippen LogP contribution in [-0.4, -0.2) is 42.3 Å². The van der Waals surface area contributed by atoms with Crippen molar-refractivity contribution in [2.24, 2.45) is 0 Å². The molecule has 5 nitrogen and oxygen atoms in total. The molecule has 2 heterocycles. The molecule has 1 aliphatic carbocycles. The van der Waals surface area contributed by atoms with Gasteiger partial charge in [0, 0.05) is 24.9 Å². The summed E-state index contributed by atoms with van der Waals surface area (Å²) >= 11 is 1.73. The molecule has 100 valence electrons. The number of piperidine rings is 1. The van der Waals surface area contributed by atoms with Crippen LogP contribution in [0.5, 0.6) is 0 Å². The highest BCUT2D eigenvalue weighted by Crippen LogP contribution is 2.43. The Morgan fingerprint density at radius 1 is 1.06 bits per heavy atom. The van der Waals surface area contributed by atoms with Crippen LogP contribution in [0.4, 0.5) is 0 Å². The lowest BCUT2D eigenvalue weighted by Crippen LogP contribution is -2.37. The van der Waals surface area contributed by atoms with Gasteiger partial charge >= 0.3 is 0 Å². The van der Waals surface area contributed by atoms with Crippen molar-refractivity contribution in [3.05, 3.63) is 10.0 Å². The van der Waals surface area contributed by atoms with E-state index in [9.17, 15) is 8.42 Å². The number of hydrogen-bond acceptors (Lipinski definition) is 5. The zero-order chi connectivity index (χ0) is 12.8. The van der Waals surface area contributed by atoms with Gasteiger partial charge in [0.1, 0.15) is 10.0 Å². The van der Waals surface area contributed by atoms with E-state index in [1.54, 1.807) is 15.6 Å². The minimum atomic E-state index is -3.03. The Kier molecular flexibility index (Phi) is 3.15. The molecule has 0 unspecified atom stereocenters. The van der Waals surface area contributed by atoms with Gasteiger partial charge in [-0.15, -0.1) is 21.5 Å². The summed E-state index contributed by atoms with van der Waals surface area (Å²) in [6.07, 6.45) is 5.52. The van der Waals surface area contributed by atoms with Crippen LogP contribution in [0, 0.1) is 0 Å². The molecule has 2 aliphatic rings. The van der Waals surface area contributed by atoms with Gasteiger partial charge in [-0.25, -0.2) is 12.7 Å². The van der Waals surface area contributed by atoms with Gasteiger partial charge in [0.2, 0.25) is 10.0 Å². The lowest BCUT2D eigenvalue weighted by molar-refractivity contribution is 0.320. The minimum Gasteiger partial charge on any atom is -0.213 e. The van der Waals surface area contributed by atoms with Crippen LogP contribution in [-0.2, 0) is 10.0 Å². The largest absolute Gasteiger partial charge is 0.213 e. The summed E-state index contributed by atoms with van der Waals surface area (Å²) in [6, 6.07) is 0. The predicted octanol–water partition coefficient (Wildman–Crippen LogP) is 1.55. The molecule has 18 heavy (non-hydrogen) atoms. The summed E-state index contributed by atoms with van der Waals surface area (Å²) in [5, 5.41) is 10.8. The molecule has 0 amide bonds. The molecule has 1 aromatic heterocycles. The van der Waals surface area contributed by atoms with Crippen molar-refractivity contribution < 1.29 is 8.42 Å². The summed E-state index contributed by atoms with van der Waals surface area (Å²) in [6.45, 7) is 1.23. The Morgan fingerprint density at radius 2 is 1.56 bits per heavy atom. The van der Waals surface area contributed by atoms with Gasteiger partial charge in [0.05, 0.1) is 6.26 Å². The maximum Gasteiger partial charge on any atom is 0.211 e. The molecule has 0 N–H and O–H groups in total. The second kappa shape index (κ2) is 4.54. The first-order chi connectivity index (χ1) is 8.54. The quantitative estimate of drug-likeness (QED) is 0.846. The fourth-order valence-corrected chi connectivity index (χ4v) is 4.40. The van der Waals surface area contributed by atoms with Crippen LogP contribution in [0.15, 0.2) is 0 Å². The maximum atomic E-state index is 11.4. The van der Waals surface area contributed by atoms with Crippen LogP contribution in [0.3, 0.4) is 0 Å². The van der Waals surface area contributed by atoms with Crippen molar-refractivity contribution in [2.75, 3.05) is 19.3 Å². The van der Waals surface area contributed by atoms with E-state index in [1.807, 2.05) is 0 Å². The summed E-state index contributed by atoms with van der Waals surface area (Å²) in [4.78, 5) is 0. The van der Waals surface area contributed by atoms with Crippen molar-refractivity contribution in [2.45, 2.75) is 37.5 Å². The van der Waals surface area contributed by atoms with Crippen LogP contribution < -0.4 is 0 Å². The van der Waals surface area contributed by atoms with Crippen molar-refractivity contribution >= 4 is 21.4 Å².